The number of piperazine rings is 1. The van der Waals surface area contributed by atoms with E-state index < -0.39 is 5.91 Å². The molecular formula is C21H20ClN3O3. The maximum atomic E-state index is 12.6. The maximum Gasteiger partial charge on any atom is 0.263 e. The molecule has 0 spiro atoms. The molecule has 0 unspecified atom stereocenters. The number of hydrogen-bond acceptors (Lipinski definition) is 4. The van der Waals surface area contributed by atoms with E-state index in [0.717, 1.165) is 23.7 Å². The fourth-order valence-corrected chi connectivity index (χ4v) is 3.97. The van der Waals surface area contributed by atoms with Gasteiger partial charge < -0.3 is 9.80 Å². The average Bonchev–Trinajstić information content (AvgIpc) is 2.98. The molecule has 144 valence electrons. The molecule has 0 aromatic heterocycles. The minimum Gasteiger partial charge on any atom is -0.368 e. The summed E-state index contributed by atoms with van der Waals surface area (Å²) in [5, 5.41) is 0.265. The van der Waals surface area contributed by atoms with Gasteiger partial charge in [0.15, 0.2) is 0 Å². The number of nitrogens with zero attached hydrogens (tertiary/aromatic N) is 3. The number of benzene rings is 2. The molecular weight excluding hydrogens is 378 g/mol. The lowest BCUT2D eigenvalue weighted by atomic mass is 10.1. The second-order valence-corrected chi connectivity index (χ2v) is 7.28. The predicted molar refractivity (Wildman–Crippen MR) is 107 cm³/mol. The van der Waals surface area contributed by atoms with Gasteiger partial charge in [-0.3, -0.25) is 19.3 Å². The molecule has 2 aromatic carbocycles. The third-order valence-electron chi connectivity index (χ3n) is 5.25. The van der Waals surface area contributed by atoms with Gasteiger partial charge >= 0.3 is 0 Å². The van der Waals surface area contributed by atoms with Crippen molar-refractivity contribution in [3.8, 4) is 0 Å². The number of amides is 3. The second kappa shape index (κ2) is 7.64. The summed E-state index contributed by atoms with van der Waals surface area (Å²) >= 11 is 6.06. The molecule has 7 heteroatoms. The molecule has 6 nitrogen and oxygen atoms in total. The van der Waals surface area contributed by atoms with Crippen LogP contribution in [0.15, 0.2) is 48.5 Å². The van der Waals surface area contributed by atoms with Gasteiger partial charge in [0.05, 0.1) is 16.1 Å². The lowest BCUT2D eigenvalue weighted by Gasteiger charge is -2.36. The summed E-state index contributed by atoms with van der Waals surface area (Å²) in [4.78, 5) is 42.7. The van der Waals surface area contributed by atoms with E-state index in [1.165, 1.54) is 0 Å². The molecule has 2 heterocycles. The van der Waals surface area contributed by atoms with E-state index in [0.29, 0.717) is 18.7 Å². The summed E-state index contributed by atoms with van der Waals surface area (Å²) in [6, 6.07) is 14.9. The van der Waals surface area contributed by atoms with Gasteiger partial charge in [0.25, 0.3) is 11.8 Å². The second-order valence-electron chi connectivity index (χ2n) is 6.88. The first-order valence-corrected chi connectivity index (χ1v) is 9.66. The monoisotopic (exact) mass is 397 g/mol. The largest absolute Gasteiger partial charge is 0.368 e. The number of rotatable bonds is 4. The molecule has 0 aliphatic carbocycles. The average molecular weight is 398 g/mol. The van der Waals surface area contributed by atoms with Crippen LogP contribution in [-0.4, -0.2) is 60.2 Å². The van der Waals surface area contributed by atoms with E-state index in [1.807, 2.05) is 18.2 Å². The Morgan fingerprint density at radius 3 is 2.29 bits per heavy atom. The van der Waals surface area contributed by atoms with Crippen LogP contribution in [0.5, 0.6) is 0 Å². The standard InChI is InChI=1S/C21H20ClN3O3/c22-17-8-4-7-16-19(17)21(28)25(20(16)27)10-9-18(26)24-13-11-23(12-14-24)15-5-2-1-3-6-15/h1-8H,9-14H2. The fraction of sp³-hybridized carbons (Fsp3) is 0.286. The molecule has 2 aliphatic heterocycles. The van der Waals surface area contributed by atoms with Gasteiger partial charge in [-0.1, -0.05) is 35.9 Å². The van der Waals surface area contributed by atoms with Gasteiger partial charge in [-0.05, 0) is 24.3 Å². The van der Waals surface area contributed by atoms with Gasteiger partial charge in [0.1, 0.15) is 0 Å². The van der Waals surface area contributed by atoms with E-state index >= 15 is 0 Å². The molecule has 1 saturated heterocycles. The Bertz CT molecular complexity index is 924. The Kier molecular flexibility index (Phi) is 5.05. The van der Waals surface area contributed by atoms with Crippen LogP contribution in [0.4, 0.5) is 5.69 Å². The first-order chi connectivity index (χ1) is 13.6. The van der Waals surface area contributed by atoms with Crippen molar-refractivity contribution >= 4 is 35.0 Å². The molecule has 0 saturated carbocycles. The molecule has 0 radical (unpaired) electrons. The van der Waals surface area contributed by atoms with Crippen molar-refractivity contribution in [2.24, 2.45) is 0 Å². The zero-order valence-corrected chi connectivity index (χ0v) is 16.1. The number of fused-ring (bicyclic) bond motifs is 1. The third kappa shape index (κ3) is 3.36. The predicted octanol–water partition coefficient (Wildman–Crippen LogP) is 2.67. The van der Waals surface area contributed by atoms with Crippen LogP contribution in [0.1, 0.15) is 27.1 Å². The van der Waals surface area contributed by atoms with Crippen molar-refractivity contribution in [2.75, 3.05) is 37.6 Å². The van der Waals surface area contributed by atoms with E-state index in [2.05, 4.69) is 17.0 Å². The smallest absolute Gasteiger partial charge is 0.263 e. The first-order valence-electron chi connectivity index (χ1n) is 9.29. The maximum absolute atomic E-state index is 12.6. The summed E-state index contributed by atoms with van der Waals surface area (Å²) < 4.78 is 0. The Balaban J connectivity index is 1.33. The topological polar surface area (TPSA) is 60.9 Å². The van der Waals surface area contributed by atoms with Crippen LogP contribution >= 0.6 is 11.6 Å². The number of anilines is 1. The van der Waals surface area contributed by atoms with E-state index in [4.69, 9.17) is 11.6 Å². The molecule has 4 rings (SSSR count). The number of halogens is 1. The van der Waals surface area contributed by atoms with Crippen LogP contribution in [0.2, 0.25) is 5.02 Å². The van der Waals surface area contributed by atoms with Gasteiger partial charge in [-0.15, -0.1) is 0 Å². The highest BCUT2D eigenvalue weighted by Gasteiger charge is 2.37. The van der Waals surface area contributed by atoms with Crippen LogP contribution in [0.3, 0.4) is 0 Å². The van der Waals surface area contributed by atoms with Crippen molar-refractivity contribution in [3.05, 3.63) is 64.7 Å². The Labute approximate surface area is 168 Å². The highest BCUT2D eigenvalue weighted by atomic mass is 35.5. The molecule has 1 fully saturated rings. The Morgan fingerprint density at radius 1 is 0.893 bits per heavy atom. The molecule has 2 aliphatic rings. The normalized spacial score (nSPS) is 16.5. The van der Waals surface area contributed by atoms with E-state index in [-0.39, 0.29) is 35.4 Å². The highest BCUT2D eigenvalue weighted by molar-refractivity contribution is 6.37. The van der Waals surface area contributed by atoms with Crippen molar-refractivity contribution in [3.63, 3.8) is 0 Å². The summed E-state index contributed by atoms with van der Waals surface area (Å²) in [7, 11) is 0. The number of carbonyl (C=O) groups excluding carboxylic acids is 3. The first kappa shape index (κ1) is 18.5. The van der Waals surface area contributed by atoms with Gasteiger partial charge in [-0.25, -0.2) is 0 Å². The Hall–Kier alpha value is -2.86. The number of para-hydroxylation sites is 1. The minimum absolute atomic E-state index is 0.0460. The lowest BCUT2D eigenvalue weighted by molar-refractivity contribution is -0.131. The van der Waals surface area contributed by atoms with Crippen molar-refractivity contribution in [1.82, 2.24) is 9.80 Å². The zero-order chi connectivity index (χ0) is 19.7. The van der Waals surface area contributed by atoms with Gasteiger partial charge in [0, 0.05) is 44.8 Å². The SMILES string of the molecule is O=C(CCN1C(=O)c2cccc(Cl)c2C1=O)N1CCN(c2ccccc2)CC1. The third-order valence-corrected chi connectivity index (χ3v) is 5.57. The van der Waals surface area contributed by atoms with E-state index in [9.17, 15) is 14.4 Å². The lowest BCUT2D eigenvalue weighted by Crippen LogP contribution is -2.49. The summed E-state index contributed by atoms with van der Waals surface area (Å²) in [5.74, 6) is -0.855. The fourth-order valence-electron chi connectivity index (χ4n) is 3.71. The molecule has 0 atom stereocenters. The van der Waals surface area contributed by atoms with Crippen molar-refractivity contribution < 1.29 is 14.4 Å². The minimum atomic E-state index is -0.424. The summed E-state index contributed by atoms with van der Waals surface area (Å²) in [5.41, 5.74) is 1.69. The van der Waals surface area contributed by atoms with Crippen LogP contribution < -0.4 is 4.90 Å². The van der Waals surface area contributed by atoms with Crippen LogP contribution in [0.25, 0.3) is 0 Å². The van der Waals surface area contributed by atoms with Crippen LogP contribution in [0, 0.1) is 0 Å². The van der Waals surface area contributed by atoms with Crippen LogP contribution in [-0.2, 0) is 4.79 Å². The number of carbonyl (C=O) groups is 3. The van der Waals surface area contributed by atoms with Crippen molar-refractivity contribution in [1.29, 1.82) is 0 Å². The van der Waals surface area contributed by atoms with Gasteiger partial charge in [-0.2, -0.15) is 0 Å². The van der Waals surface area contributed by atoms with Gasteiger partial charge in [0.2, 0.25) is 5.91 Å². The summed E-state index contributed by atoms with van der Waals surface area (Å²) in [6.07, 6.45) is 0.119. The summed E-state index contributed by atoms with van der Waals surface area (Å²) in [6.45, 7) is 2.85. The van der Waals surface area contributed by atoms with Crippen molar-refractivity contribution in [2.45, 2.75) is 6.42 Å². The Morgan fingerprint density at radius 2 is 1.61 bits per heavy atom. The zero-order valence-electron chi connectivity index (χ0n) is 15.3. The molecule has 28 heavy (non-hydrogen) atoms. The highest BCUT2D eigenvalue weighted by Crippen LogP contribution is 2.29. The molecule has 0 bridgehead atoms. The molecule has 3 amide bonds. The number of imide groups is 1. The quantitative estimate of drug-likeness (QED) is 0.744. The molecule has 2 aromatic rings. The van der Waals surface area contributed by atoms with E-state index in [1.54, 1.807) is 23.1 Å². The number of hydrogen-bond donors (Lipinski definition) is 0. The molecule has 0 N–H and O–H groups in total.